The van der Waals surface area contributed by atoms with E-state index in [0.717, 1.165) is 12.0 Å². The molecule has 0 saturated heterocycles. The normalized spacial score (nSPS) is 11.8. The number of hydrogen-bond acceptors (Lipinski definition) is 6. The van der Waals surface area contributed by atoms with Gasteiger partial charge in [-0.1, -0.05) is 61.5 Å². The van der Waals surface area contributed by atoms with Crippen LogP contribution in [-0.2, 0) is 9.53 Å². The highest BCUT2D eigenvalue weighted by Gasteiger charge is 2.17. The lowest BCUT2D eigenvalue weighted by atomic mass is 9.96. The molecule has 0 aliphatic heterocycles. The molecule has 2 heterocycles. The van der Waals surface area contributed by atoms with Crippen molar-refractivity contribution in [1.29, 1.82) is 0 Å². The van der Waals surface area contributed by atoms with Gasteiger partial charge in [0.2, 0.25) is 0 Å². The van der Waals surface area contributed by atoms with Crippen LogP contribution in [0.5, 0.6) is 0 Å². The van der Waals surface area contributed by atoms with Crippen molar-refractivity contribution in [2.45, 2.75) is 33.1 Å². The molecule has 168 valence electrons. The molecule has 0 aliphatic rings. The molecular formula is C26H25N3O4. The van der Waals surface area contributed by atoms with Gasteiger partial charge in [0.1, 0.15) is 5.76 Å². The van der Waals surface area contributed by atoms with E-state index in [1.165, 1.54) is 5.56 Å². The SMILES string of the molecule is CC[C@@H](C)c1ccc(-c2cc(C(=O)OCC(=O)Nc3cc(C)on3)c3ccccc3n2)cc1. The van der Waals surface area contributed by atoms with E-state index in [0.29, 0.717) is 33.8 Å². The molecule has 4 rings (SSSR count). The monoisotopic (exact) mass is 443 g/mol. The maximum Gasteiger partial charge on any atom is 0.339 e. The lowest BCUT2D eigenvalue weighted by molar-refractivity contribution is -0.119. The van der Waals surface area contributed by atoms with Crippen LogP contribution in [0.1, 0.15) is 47.9 Å². The average Bonchev–Trinajstić information content (AvgIpc) is 3.25. The number of anilines is 1. The number of nitrogens with one attached hydrogen (secondary N) is 1. The number of fused-ring (bicyclic) bond motifs is 1. The van der Waals surface area contributed by atoms with Gasteiger partial charge in [0.05, 0.1) is 16.8 Å². The summed E-state index contributed by atoms with van der Waals surface area (Å²) in [5.41, 5.74) is 3.86. The minimum absolute atomic E-state index is 0.269. The lowest BCUT2D eigenvalue weighted by Gasteiger charge is -2.12. The first kappa shape index (κ1) is 22.2. The molecule has 0 unspecified atom stereocenters. The highest BCUT2D eigenvalue weighted by atomic mass is 16.5. The molecule has 0 fully saturated rings. The van der Waals surface area contributed by atoms with Crippen LogP contribution < -0.4 is 5.32 Å². The predicted octanol–water partition coefficient (Wildman–Crippen LogP) is 5.51. The van der Waals surface area contributed by atoms with E-state index in [-0.39, 0.29) is 5.82 Å². The largest absolute Gasteiger partial charge is 0.452 e. The molecule has 33 heavy (non-hydrogen) atoms. The molecule has 0 saturated carbocycles. The first-order valence-corrected chi connectivity index (χ1v) is 10.8. The van der Waals surface area contributed by atoms with Crippen LogP contribution in [-0.4, -0.2) is 28.6 Å². The molecular weight excluding hydrogens is 418 g/mol. The number of carbonyl (C=O) groups is 2. The summed E-state index contributed by atoms with van der Waals surface area (Å²) in [5, 5.41) is 6.89. The van der Waals surface area contributed by atoms with Crippen LogP contribution in [0, 0.1) is 6.92 Å². The van der Waals surface area contributed by atoms with E-state index in [2.05, 4.69) is 36.5 Å². The van der Waals surface area contributed by atoms with E-state index in [9.17, 15) is 9.59 Å². The van der Waals surface area contributed by atoms with Crippen LogP contribution in [0.25, 0.3) is 22.2 Å². The molecule has 1 amide bonds. The Kier molecular flexibility index (Phi) is 6.49. The van der Waals surface area contributed by atoms with Gasteiger partial charge in [-0.3, -0.25) is 4.79 Å². The Morgan fingerprint density at radius 1 is 1.09 bits per heavy atom. The highest BCUT2D eigenvalue weighted by Crippen LogP contribution is 2.27. The molecule has 0 radical (unpaired) electrons. The Morgan fingerprint density at radius 2 is 1.85 bits per heavy atom. The van der Waals surface area contributed by atoms with Crippen molar-refractivity contribution in [2.75, 3.05) is 11.9 Å². The number of aryl methyl sites for hydroxylation is 1. The Morgan fingerprint density at radius 3 is 2.55 bits per heavy atom. The van der Waals surface area contributed by atoms with Gasteiger partial charge in [0.15, 0.2) is 12.4 Å². The summed E-state index contributed by atoms with van der Waals surface area (Å²) in [5.74, 6) is 0.205. The summed E-state index contributed by atoms with van der Waals surface area (Å²) >= 11 is 0. The van der Waals surface area contributed by atoms with Gasteiger partial charge in [-0.05, 0) is 37.0 Å². The second-order valence-electron chi connectivity index (χ2n) is 7.95. The third-order valence-corrected chi connectivity index (χ3v) is 5.55. The minimum atomic E-state index is -0.599. The van der Waals surface area contributed by atoms with Crippen molar-refractivity contribution in [2.24, 2.45) is 0 Å². The number of carbonyl (C=O) groups excluding carboxylic acids is 2. The van der Waals surface area contributed by atoms with Gasteiger partial charge < -0.3 is 14.6 Å². The predicted molar refractivity (Wildman–Crippen MR) is 126 cm³/mol. The Hall–Kier alpha value is -4.00. The van der Waals surface area contributed by atoms with Gasteiger partial charge in [0, 0.05) is 17.0 Å². The average molecular weight is 444 g/mol. The number of aromatic nitrogens is 2. The summed E-state index contributed by atoms with van der Waals surface area (Å²) < 4.78 is 10.2. The maximum atomic E-state index is 12.9. The third-order valence-electron chi connectivity index (χ3n) is 5.55. The number of ether oxygens (including phenoxy) is 1. The van der Waals surface area contributed by atoms with E-state index in [1.54, 1.807) is 19.1 Å². The number of hydrogen-bond donors (Lipinski definition) is 1. The van der Waals surface area contributed by atoms with Crippen LogP contribution in [0.3, 0.4) is 0 Å². The standard InChI is InChI=1S/C26H25N3O4/c1-4-16(2)18-9-11-19(12-10-18)23-14-21(20-7-5-6-8-22(20)27-23)26(31)32-15-25(30)28-24-13-17(3)33-29-24/h5-14,16H,4,15H2,1-3H3,(H,28,29,30)/t16-/m1/s1. The number of para-hydroxylation sites is 1. The van der Waals surface area contributed by atoms with Gasteiger partial charge >= 0.3 is 5.97 Å². The van der Waals surface area contributed by atoms with E-state index >= 15 is 0 Å². The summed E-state index contributed by atoms with van der Waals surface area (Å²) in [4.78, 5) is 29.8. The molecule has 7 heteroatoms. The van der Waals surface area contributed by atoms with Crippen molar-refractivity contribution in [1.82, 2.24) is 10.1 Å². The fraction of sp³-hybridized carbons (Fsp3) is 0.231. The van der Waals surface area contributed by atoms with Crippen LogP contribution in [0.2, 0.25) is 0 Å². The molecule has 0 aliphatic carbocycles. The fourth-order valence-corrected chi connectivity index (χ4v) is 3.52. The number of pyridine rings is 1. The summed E-state index contributed by atoms with van der Waals surface area (Å²) in [6.45, 7) is 5.62. The topological polar surface area (TPSA) is 94.3 Å². The maximum absolute atomic E-state index is 12.9. The Bertz CT molecular complexity index is 1290. The highest BCUT2D eigenvalue weighted by molar-refractivity contribution is 6.05. The quantitative estimate of drug-likeness (QED) is 0.379. The Balaban J connectivity index is 1.57. The molecule has 1 N–H and O–H groups in total. The fourth-order valence-electron chi connectivity index (χ4n) is 3.52. The first-order valence-electron chi connectivity index (χ1n) is 10.8. The summed E-state index contributed by atoms with van der Waals surface area (Å²) in [7, 11) is 0. The second-order valence-corrected chi connectivity index (χ2v) is 7.95. The lowest BCUT2D eigenvalue weighted by Crippen LogP contribution is -2.21. The van der Waals surface area contributed by atoms with Gasteiger partial charge in [0.25, 0.3) is 5.91 Å². The van der Waals surface area contributed by atoms with E-state index < -0.39 is 18.5 Å². The molecule has 0 bridgehead atoms. The van der Waals surface area contributed by atoms with Crippen molar-refractivity contribution in [3.63, 3.8) is 0 Å². The number of benzene rings is 2. The zero-order valence-electron chi connectivity index (χ0n) is 18.8. The van der Waals surface area contributed by atoms with Crippen molar-refractivity contribution in [3.05, 3.63) is 77.6 Å². The number of esters is 1. The minimum Gasteiger partial charge on any atom is -0.452 e. The van der Waals surface area contributed by atoms with Crippen molar-refractivity contribution < 1.29 is 18.8 Å². The molecule has 1 atom stereocenters. The van der Waals surface area contributed by atoms with Gasteiger partial charge in [-0.2, -0.15) is 0 Å². The summed E-state index contributed by atoms with van der Waals surface area (Å²) in [6.07, 6.45) is 1.06. The van der Waals surface area contributed by atoms with E-state index in [1.807, 2.05) is 36.4 Å². The van der Waals surface area contributed by atoms with Crippen LogP contribution >= 0.6 is 0 Å². The smallest absolute Gasteiger partial charge is 0.339 e. The first-order chi connectivity index (χ1) is 15.9. The van der Waals surface area contributed by atoms with Gasteiger partial charge in [-0.25, -0.2) is 9.78 Å². The molecule has 4 aromatic rings. The summed E-state index contributed by atoms with van der Waals surface area (Å²) in [6, 6.07) is 18.9. The molecule has 2 aromatic carbocycles. The zero-order valence-corrected chi connectivity index (χ0v) is 18.8. The van der Waals surface area contributed by atoms with Crippen LogP contribution in [0.4, 0.5) is 5.82 Å². The number of amides is 1. The zero-order chi connectivity index (χ0) is 23.4. The third kappa shape index (κ3) is 5.09. The number of nitrogens with zero attached hydrogens (tertiary/aromatic N) is 2. The molecule has 7 nitrogen and oxygen atoms in total. The number of rotatable bonds is 7. The van der Waals surface area contributed by atoms with Gasteiger partial charge in [-0.15, -0.1) is 0 Å². The second kappa shape index (κ2) is 9.65. The Labute approximate surface area is 191 Å². The van der Waals surface area contributed by atoms with E-state index in [4.69, 9.17) is 14.2 Å². The molecule has 0 spiro atoms. The van der Waals surface area contributed by atoms with Crippen LogP contribution in [0.15, 0.2) is 65.2 Å². The van der Waals surface area contributed by atoms with Crippen molar-refractivity contribution >= 4 is 28.6 Å². The molecule has 2 aromatic heterocycles. The van der Waals surface area contributed by atoms with Crippen molar-refractivity contribution in [3.8, 4) is 11.3 Å².